The lowest BCUT2D eigenvalue weighted by Crippen LogP contribution is -2.43. The highest BCUT2D eigenvalue weighted by molar-refractivity contribution is 5.95. The molecule has 0 N–H and O–H groups in total. The molecular formula is C28H29FN4O. The van der Waals surface area contributed by atoms with E-state index in [4.69, 9.17) is 4.74 Å². The van der Waals surface area contributed by atoms with Crippen molar-refractivity contribution in [3.05, 3.63) is 89.7 Å². The number of hydrogen-bond acceptors (Lipinski definition) is 5. The van der Waals surface area contributed by atoms with E-state index in [0.717, 1.165) is 60.4 Å². The van der Waals surface area contributed by atoms with Gasteiger partial charge in [-0.2, -0.15) is 0 Å². The Balaban J connectivity index is 1.29. The van der Waals surface area contributed by atoms with Crippen LogP contribution in [0.3, 0.4) is 0 Å². The lowest BCUT2D eigenvalue weighted by Gasteiger charge is -2.37. The second-order valence-electron chi connectivity index (χ2n) is 8.99. The van der Waals surface area contributed by atoms with Gasteiger partial charge in [0.25, 0.3) is 0 Å². The summed E-state index contributed by atoms with van der Waals surface area (Å²) in [4.78, 5) is 4.72. The SMILES string of the molecule is Cc1cc(F)ccc1CN(C)C1CCN(c2nnc(Oc3ccccc3)c3ccccc23)CC1. The fourth-order valence-corrected chi connectivity index (χ4v) is 4.73. The molecule has 0 amide bonds. The van der Waals surface area contributed by atoms with Crippen LogP contribution >= 0.6 is 0 Å². The summed E-state index contributed by atoms with van der Waals surface area (Å²) in [6, 6.07) is 23.4. The second kappa shape index (κ2) is 9.77. The molecule has 0 radical (unpaired) electrons. The lowest BCUT2D eigenvalue weighted by molar-refractivity contribution is 0.200. The molecule has 3 aromatic carbocycles. The molecule has 0 bridgehead atoms. The van der Waals surface area contributed by atoms with Crippen LogP contribution in [0.25, 0.3) is 10.8 Å². The third-order valence-electron chi connectivity index (χ3n) is 6.70. The molecule has 0 atom stereocenters. The number of nitrogens with zero attached hydrogens (tertiary/aromatic N) is 4. The molecule has 174 valence electrons. The number of aromatic nitrogens is 2. The summed E-state index contributed by atoms with van der Waals surface area (Å²) in [7, 11) is 2.16. The van der Waals surface area contributed by atoms with Crippen LogP contribution in [-0.2, 0) is 6.54 Å². The number of benzene rings is 3. The number of para-hydroxylation sites is 1. The van der Waals surface area contributed by atoms with Crippen LogP contribution in [0, 0.1) is 12.7 Å². The zero-order valence-electron chi connectivity index (χ0n) is 19.6. The van der Waals surface area contributed by atoms with E-state index in [9.17, 15) is 4.39 Å². The summed E-state index contributed by atoms with van der Waals surface area (Å²) in [5.74, 6) is 2.00. The lowest BCUT2D eigenvalue weighted by atomic mass is 10.0. The molecule has 0 spiro atoms. The van der Waals surface area contributed by atoms with Crippen molar-refractivity contribution >= 4 is 16.6 Å². The van der Waals surface area contributed by atoms with Crippen molar-refractivity contribution in [3.8, 4) is 11.6 Å². The molecule has 5 nitrogen and oxygen atoms in total. The van der Waals surface area contributed by atoms with Crippen LogP contribution in [0.15, 0.2) is 72.8 Å². The van der Waals surface area contributed by atoms with Crippen LogP contribution in [-0.4, -0.2) is 41.3 Å². The van der Waals surface area contributed by atoms with E-state index in [1.54, 1.807) is 12.1 Å². The Morgan fingerprint density at radius 2 is 1.65 bits per heavy atom. The molecule has 1 aliphatic heterocycles. The Bertz CT molecular complexity index is 1270. The highest BCUT2D eigenvalue weighted by atomic mass is 19.1. The van der Waals surface area contributed by atoms with Crippen molar-refractivity contribution in [1.29, 1.82) is 0 Å². The number of piperidine rings is 1. The van der Waals surface area contributed by atoms with Gasteiger partial charge in [-0.05, 0) is 68.3 Å². The third-order valence-corrected chi connectivity index (χ3v) is 6.70. The van der Waals surface area contributed by atoms with Gasteiger partial charge in [-0.3, -0.25) is 4.90 Å². The first kappa shape index (κ1) is 22.3. The molecule has 1 aromatic heterocycles. The molecule has 1 aliphatic rings. The molecule has 2 heterocycles. The van der Waals surface area contributed by atoms with Gasteiger partial charge < -0.3 is 9.64 Å². The monoisotopic (exact) mass is 456 g/mol. The van der Waals surface area contributed by atoms with E-state index in [0.29, 0.717) is 11.9 Å². The summed E-state index contributed by atoms with van der Waals surface area (Å²) in [5, 5.41) is 11.0. The van der Waals surface area contributed by atoms with Gasteiger partial charge in [0.05, 0.1) is 0 Å². The van der Waals surface area contributed by atoms with Gasteiger partial charge in [0.2, 0.25) is 5.88 Å². The Labute approximate surface area is 199 Å². The van der Waals surface area contributed by atoms with Gasteiger partial charge in [0, 0.05) is 36.4 Å². The number of anilines is 1. The molecule has 0 unspecified atom stereocenters. The van der Waals surface area contributed by atoms with Gasteiger partial charge in [0.1, 0.15) is 11.6 Å². The Morgan fingerprint density at radius 3 is 2.38 bits per heavy atom. The van der Waals surface area contributed by atoms with Crippen molar-refractivity contribution < 1.29 is 9.13 Å². The van der Waals surface area contributed by atoms with Crippen LogP contribution in [0.2, 0.25) is 0 Å². The first-order valence-electron chi connectivity index (χ1n) is 11.8. The van der Waals surface area contributed by atoms with E-state index < -0.39 is 0 Å². The minimum atomic E-state index is -0.175. The van der Waals surface area contributed by atoms with E-state index in [-0.39, 0.29) is 5.82 Å². The maximum atomic E-state index is 13.5. The molecule has 0 saturated carbocycles. The van der Waals surface area contributed by atoms with Gasteiger partial charge in [-0.15, -0.1) is 10.2 Å². The molecule has 34 heavy (non-hydrogen) atoms. The molecular weight excluding hydrogens is 427 g/mol. The molecule has 4 aromatic rings. The number of rotatable bonds is 6. The van der Waals surface area contributed by atoms with Crippen LogP contribution in [0.4, 0.5) is 10.2 Å². The number of ether oxygens (including phenoxy) is 1. The Hall–Kier alpha value is -3.51. The fraction of sp³-hybridized carbons (Fsp3) is 0.286. The van der Waals surface area contributed by atoms with E-state index in [1.807, 2.05) is 61.5 Å². The number of hydrogen-bond donors (Lipinski definition) is 0. The third kappa shape index (κ3) is 4.73. The smallest absolute Gasteiger partial charge is 0.246 e. The topological polar surface area (TPSA) is 41.5 Å². The molecule has 5 rings (SSSR count). The predicted octanol–water partition coefficient (Wildman–Crippen LogP) is 5.97. The maximum Gasteiger partial charge on any atom is 0.246 e. The Morgan fingerprint density at radius 1 is 0.941 bits per heavy atom. The molecule has 1 saturated heterocycles. The van der Waals surface area contributed by atoms with E-state index in [1.165, 1.54) is 5.56 Å². The summed E-state index contributed by atoms with van der Waals surface area (Å²) in [6.07, 6.45) is 2.07. The summed E-state index contributed by atoms with van der Waals surface area (Å²) < 4.78 is 19.5. The Kier molecular flexibility index (Phi) is 6.41. The zero-order chi connectivity index (χ0) is 23.5. The first-order valence-corrected chi connectivity index (χ1v) is 11.8. The highest BCUT2D eigenvalue weighted by Gasteiger charge is 2.25. The minimum absolute atomic E-state index is 0.175. The second-order valence-corrected chi connectivity index (χ2v) is 8.99. The van der Waals surface area contributed by atoms with E-state index in [2.05, 4.69) is 33.1 Å². The van der Waals surface area contributed by atoms with Crippen molar-refractivity contribution in [2.75, 3.05) is 25.0 Å². The number of aryl methyl sites for hydroxylation is 1. The summed E-state index contributed by atoms with van der Waals surface area (Å²) >= 11 is 0. The molecule has 0 aliphatic carbocycles. The summed E-state index contributed by atoms with van der Waals surface area (Å²) in [6.45, 7) is 4.62. The highest BCUT2D eigenvalue weighted by Crippen LogP contribution is 2.33. The van der Waals surface area contributed by atoms with Crippen LogP contribution in [0.1, 0.15) is 24.0 Å². The summed E-state index contributed by atoms with van der Waals surface area (Å²) in [5.41, 5.74) is 2.18. The molecule has 6 heteroatoms. The fourth-order valence-electron chi connectivity index (χ4n) is 4.73. The largest absolute Gasteiger partial charge is 0.437 e. The number of fused-ring (bicyclic) bond motifs is 1. The van der Waals surface area contributed by atoms with Crippen molar-refractivity contribution in [2.24, 2.45) is 0 Å². The normalized spacial score (nSPS) is 14.6. The van der Waals surface area contributed by atoms with Gasteiger partial charge in [0.15, 0.2) is 5.82 Å². The van der Waals surface area contributed by atoms with Gasteiger partial charge in [-0.1, -0.05) is 42.5 Å². The predicted molar refractivity (Wildman–Crippen MR) is 134 cm³/mol. The van der Waals surface area contributed by atoms with Gasteiger partial charge >= 0.3 is 0 Å². The van der Waals surface area contributed by atoms with Gasteiger partial charge in [-0.25, -0.2) is 4.39 Å². The van der Waals surface area contributed by atoms with Crippen molar-refractivity contribution in [2.45, 2.75) is 32.4 Å². The molecule has 1 fully saturated rings. The van der Waals surface area contributed by atoms with Crippen LogP contribution in [0.5, 0.6) is 11.6 Å². The quantitative estimate of drug-likeness (QED) is 0.358. The first-order chi connectivity index (χ1) is 16.6. The maximum absolute atomic E-state index is 13.5. The zero-order valence-corrected chi connectivity index (χ0v) is 19.6. The van der Waals surface area contributed by atoms with Crippen molar-refractivity contribution in [1.82, 2.24) is 15.1 Å². The average molecular weight is 457 g/mol. The standard InChI is InChI=1S/C28H29FN4O/c1-20-18-22(29)13-12-21(20)19-32(2)23-14-16-33(17-15-23)27-25-10-6-7-11-26(25)28(31-30-27)34-24-8-4-3-5-9-24/h3-13,18,23H,14-17,19H2,1-2H3. The minimum Gasteiger partial charge on any atom is -0.437 e. The average Bonchev–Trinajstić information content (AvgIpc) is 2.87. The van der Waals surface area contributed by atoms with Crippen LogP contribution < -0.4 is 9.64 Å². The van der Waals surface area contributed by atoms with E-state index >= 15 is 0 Å². The van der Waals surface area contributed by atoms with Crippen molar-refractivity contribution in [3.63, 3.8) is 0 Å². The number of halogens is 1.